The van der Waals surface area contributed by atoms with Crippen molar-refractivity contribution in [3.63, 3.8) is 0 Å². The van der Waals surface area contributed by atoms with Gasteiger partial charge in [-0.2, -0.15) is 10.5 Å². The maximum absolute atomic E-state index is 11.1. The predicted octanol–water partition coefficient (Wildman–Crippen LogP) is 3.14. The molecule has 0 aromatic heterocycles. The number of amides is 1. The molecule has 1 aromatic carbocycles. The van der Waals surface area contributed by atoms with E-state index in [0.717, 1.165) is 11.3 Å². The molecule has 0 fully saturated rings. The van der Waals surface area contributed by atoms with Gasteiger partial charge in [0.1, 0.15) is 0 Å². The molecule has 0 saturated carbocycles. The van der Waals surface area contributed by atoms with E-state index in [0.29, 0.717) is 17.0 Å². The first-order valence-corrected chi connectivity index (χ1v) is 6.91. The molecule has 0 saturated heterocycles. The summed E-state index contributed by atoms with van der Waals surface area (Å²) in [6.07, 6.45) is 0. The molecule has 5 nitrogen and oxygen atoms in total. The monoisotopic (exact) mass is 292 g/mol. The Balaban J connectivity index is 2.45. The molecule has 22 heavy (non-hydrogen) atoms. The number of nitrogens with zero attached hydrogens (tertiary/aromatic N) is 3. The van der Waals surface area contributed by atoms with Gasteiger partial charge in [0.2, 0.25) is 5.91 Å². The molecule has 0 radical (unpaired) electrons. The Hall–Kier alpha value is -2.92. The highest BCUT2D eigenvalue weighted by Gasteiger charge is 2.33. The van der Waals surface area contributed by atoms with Gasteiger partial charge in [0, 0.05) is 24.2 Å². The van der Waals surface area contributed by atoms with E-state index in [4.69, 9.17) is 0 Å². The number of anilines is 1. The normalized spacial score (nSPS) is 20.7. The molecule has 1 heterocycles. The summed E-state index contributed by atoms with van der Waals surface area (Å²) in [5.74, 6) is -0.916. The van der Waals surface area contributed by atoms with Gasteiger partial charge < -0.3 is 5.32 Å². The number of nitriles is 2. The summed E-state index contributed by atoms with van der Waals surface area (Å²) in [5, 5.41) is 21.6. The lowest BCUT2D eigenvalue weighted by atomic mass is 9.77. The van der Waals surface area contributed by atoms with Crippen LogP contribution in [0.2, 0.25) is 0 Å². The van der Waals surface area contributed by atoms with E-state index in [9.17, 15) is 15.3 Å². The van der Waals surface area contributed by atoms with E-state index in [1.54, 1.807) is 19.1 Å². The number of rotatable bonds is 2. The zero-order valence-electron chi connectivity index (χ0n) is 12.7. The Morgan fingerprint density at radius 3 is 2.36 bits per heavy atom. The SMILES string of the molecule is CC(=O)Nc1ccc([C@@H]2C(C#N)=C(C)N=C(C)C2C#N)cc1. The molecule has 1 aliphatic heterocycles. The summed E-state index contributed by atoms with van der Waals surface area (Å²) in [5.41, 5.74) is 3.44. The molecule has 1 aromatic rings. The minimum Gasteiger partial charge on any atom is -0.326 e. The van der Waals surface area contributed by atoms with Crippen LogP contribution in [0.4, 0.5) is 5.69 Å². The maximum Gasteiger partial charge on any atom is 0.221 e. The maximum atomic E-state index is 11.1. The summed E-state index contributed by atoms with van der Waals surface area (Å²) in [7, 11) is 0. The molecule has 0 bridgehead atoms. The van der Waals surface area contributed by atoms with Crippen molar-refractivity contribution in [3.05, 3.63) is 41.1 Å². The second-order valence-corrected chi connectivity index (χ2v) is 5.25. The summed E-state index contributed by atoms with van der Waals surface area (Å²) >= 11 is 0. The number of benzene rings is 1. The first-order chi connectivity index (χ1) is 10.5. The van der Waals surface area contributed by atoms with Crippen molar-refractivity contribution in [1.29, 1.82) is 10.5 Å². The van der Waals surface area contributed by atoms with Gasteiger partial charge in [0.15, 0.2) is 0 Å². The number of hydrogen-bond acceptors (Lipinski definition) is 4. The Bertz CT molecular complexity index is 744. The van der Waals surface area contributed by atoms with Crippen LogP contribution >= 0.6 is 0 Å². The van der Waals surface area contributed by atoms with E-state index in [2.05, 4.69) is 22.4 Å². The fourth-order valence-corrected chi connectivity index (χ4v) is 2.68. The van der Waals surface area contributed by atoms with Crippen molar-refractivity contribution in [2.45, 2.75) is 26.7 Å². The third-order valence-electron chi connectivity index (χ3n) is 3.68. The lowest BCUT2D eigenvalue weighted by Crippen LogP contribution is -2.24. The van der Waals surface area contributed by atoms with Gasteiger partial charge in [0.05, 0.1) is 29.3 Å². The fourth-order valence-electron chi connectivity index (χ4n) is 2.68. The smallest absolute Gasteiger partial charge is 0.221 e. The topological polar surface area (TPSA) is 89.0 Å². The summed E-state index contributed by atoms with van der Waals surface area (Å²) in [6, 6.07) is 11.7. The average Bonchev–Trinajstić information content (AvgIpc) is 2.47. The van der Waals surface area contributed by atoms with Crippen LogP contribution in [-0.2, 0) is 4.79 Å². The summed E-state index contributed by atoms with van der Waals surface area (Å²) < 4.78 is 0. The van der Waals surface area contributed by atoms with Crippen LogP contribution in [0.15, 0.2) is 40.5 Å². The zero-order chi connectivity index (χ0) is 16.3. The van der Waals surface area contributed by atoms with Crippen molar-refractivity contribution >= 4 is 17.3 Å². The highest BCUT2D eigenvalue weighted by atomic mass is 16.1. The highest BCUT2D eigenvalue weighted by molar-refractivity contribution is 5.91. The molecule has 0 aliphatic carbocycles. The van der Waals surface area contributed by atoms with Crippen molar-refractivity contribution in [1.82, 2.24) is 0 Å². The molecule has 2 rings (SSSR count). The van der Waals surface area contributed by atoms with Gasteiger partial charge in [-0.1, -0.05) is 12.1 Å². The molecular weight excluding hydrogens is 276 g/mol. The van der Waals surface area contributed by atoms with Crippen molar-refractivity contribution in [2.75, 3.05) is 5.32 Å². The standard InChI is InChI=1S/C17H16N4O/c1-10-15(8-18)17(16(9-19)11(2)20-10)13-4-6-14(7-5-13)21-12(3)22/h4-7,15,17H,1-3H3,(H,21,22)/t15?,17-/m0/s1. The predicted molar refractivity (Wildman–Crippen MR) is 84.0 cm³/mol. The second-order valence-electron chi connectivity index (χ2n) is 5.25. The van der Waals surface area contributed by atoms with Crippen molar-refractivity contribution in [3.8, 4) is 12.1 Å². The number of aliphatic imine (C=N–C) groups is 1. The summed E-state index contributed by atoms with van der Waals surface area (Å²) in [4.78, 5) is 15.4. The van der Waals surface area contributed by atoms with Gasteiger partial charge in [-0.05, 0) is 31.5 Å². The molecule has 0 spiro atoms. The van der Waals surface area contributed by atoms with Gasteiger partial charge in [-0.3, -0.25) is 9.79 Å². The highest BCUT2D eigenvalue weighted by Crippen LogP contribution is 2.38. The average molecular weight is 292 g/mol. The van der Waals surface area contributed by atoms with Crippen LogP contribution in [0, 0.1) is 28.6 Å². The fraction of sp³-hybridized carbons (Fsp3) is 0.294. The Morgan fingerprint density at radius 2 is 1.86 bits per heavy atom. The molecule has 2 atom stereocenters. The second kappa shape index (κ2) is 6.24. The van der Waals surface area contributed by atoms with E-state index < -0.39 is 5.92 Å². The van der Waals surface area contributed by atoms with Crippen molar-refractivity contribution in [2.24, 2.45) is 10.9 Å². The number of carbonyl (C=O) groups is 1. The quantitative estimate of drug-likeness (QED) is 0.908. The number of carbonyl (C=O) groups excluding carboxylic acids is 1. The number of allylic oxidation sites excluding steroid dienone is 2. The first kappa shape index (κ1) is 15.5. The molecular formula is C17H16N4O. The third-order valence-corrected chi connectivity index (χ3v) is 3.68. The third kappa shape index (κ3) is 2.89. The van der Waals surface area contributed by atoms with Crippen LogP contribution in [0.1, 0.15) is 32.3 Å². The Labute approximate surface area is 129 Å². The van der Waals surface area contributed by atoms with Crippen LogP contribution in [0.5, 0.6) is 0 Å². The molecule has 1 unspecified atom stereocenters. The Morgan fingerprint density at radius 1 is 1.23 bits per heavy atom. The van der Waals surface area contributed by atoms with Crippen LogP contribution in [-0.4, -0.2) is 11.6 Å². The van der Waals surface area contributed by atoms with Gasteiger partial charge >= 0.3 is 0 Å². The zero-order valence-corrected chi connectivity index (χ0v) is 12.7. The van der Waals surface area contributed by atoms with Gasteiger partial charge in [-0.25, -0.2) is 0 Å². The van der Waals surface area contributed by atoms with Crippen LogP contribution in [0.25, 0.3) is 0 Å². The molecule has 1 amide bonds. The van der Waals surface area contributed by atoms with E-state index in [1.807, 2.05) is 19.1 Å². The largest absolute Gasteiger partial charge is 0.326 e. The number of nitrogens with one attached hydrogen (secondary N) is 1. The summed E-state index contributed by atoms with van der Waals surface area (Å²) in [6.45, 7) is 5.04. The van der Waals surface area contributed by atoms with Gasteiger partial charge in [0.25, 0.3) is 0 Å². The van der Waals surface area contributed by atoms with Gasteiger partial charge in [-0.15, -0.1) is 0 Å². The van der Waals surface area contributed by atoms with E-state index in [-0.39, 0.29) is 11.8 Å². The number of hydrogen-bond donors (Lipinski definition) is 1. The minimum atomic E-state index is -0.454. The minimum absolute atomic E-state index is 0.142. The molecule has 1 N–H and O–H groups in total. The van der Waals surface area contributed by atoms with E-state index in [1.165, 1.54) is 6.92 Å². The molecule has 110 valence electrons. The molecule has 5 heteroatoms. The first-order valence-electron chi connectivity index (χ1n) is 6.91. The van der Waals surface area contributed by atoms with E-state index >= 15 is 0 Å². The Kier molecular flexibility index (Phi) is 4.39. The molecule has 1 aliphatic rings. The van der Waals surface area contributed by atoms with Crippen LogP contribution in [0.3, 0.4) is 0 Å². The lowest BCUT2D eigenvalue weighted by Gasteiger charge is -2.26. The van der Waals surface area contributed by atoms with Crippen LogP contribution < -0.4 is 5.32 Å². The lowest BCUT2D eigenvalue weighted by molar-refractivity contribution is -0.114. The van der Waals surface area contributed by atoms with Crippen molar-refractivity contribution < 1.29 is 4.79 Å².